The van der Waals surface area contributed by atoms with Crippen LogP contribution in [0.2, 0.25) is 0 Å². The Balaban J connectivity index is 1.87. The minimum absolute atomic E-state index is 0.0872. The minimum Gasteiger partial charge on any atom is -0.497 e. The molecule has 1 saturated heterocycles. The van der Waals surface area contributed by atoms with Gasteiger partial charge in [0.15, 0.2) is 5.96 Å². The van der Waals surface area contributed by atoms with Gasteiger partial charge in [0.2, 0.25) is 5.91 Å². The zero-order valence-electron chi connectivity index (χ0n) is 16.9. The van der Waals surface area contributed by atoms with Crippen molar-refractivity contribution in [2.45, 2.75) is 25.1 Å². The van der Waals surface area contributed by atoms with Gasteiger partial charge in [0.1, 0.15) is 12.3 Å². The number of ether oxygens (including phenoxy) is 1. The second kappa shape index (κ2) is 10.2. The summed E-state index contributed by atoms with van der Waals surface area (Å²) in [6.07, 6.45) is -2.53. The van der Waals surface area contributed by atoms with E-state index < -0.39 is 18.6 Å². The number of nitrogens with zero attached hydrogens (tertiary/aromatic N) is 3. The second-order valence-electron chi connectivity index (χ2n) is 6.92. The van der Waals surface area contributed by atoms with Crippen LogP contribution in [0.15, 0.2) is 29.3 Å². The van der Waals surface area contributed by atoms with Crippen LogP contribution in [0.4, 0.5) is 18.9 Å². The van der Waals surface area contributed by atoms with Gasteiger partial charge < -0.3 is 25.2 Å². The molecular weight excluding hydrogens is 387 g/mol. The third-order valence-electron chi connectivity index (χ3n) is 4.65. The maximum absolute atomic E-state index is 12.4. The Morgan fingerprint density at radius 1 is 1.41 bits per heavy atom. The van der Waals surface area contributed by atoms with E-state index >= 15 is 0 Å². The highest BCUT2D eigenvalue weighted by atomic mass is 19.4. The molecule has 0 saturated carbocycles. The number of guanidine groups is 1. The van der Waals surface area contributed by atoms with Crippen LogP contribution in [0.5, 0.6) is 5.75 Å². The monoisotopic (exact) mass is 415 g/mol. The molecule has 162 valence electrons. The number of halogens is 3. The first-order chi connectivity index (χ1) is 13.7. The molecule has 1 aliphatic rings. The summed E-state index contributed by atoms with van der Waals surface area (Å²) in [4.78, 5) is 18.8. The lowest BCUT2D eigenvalue weighted by Gasteiger charge is -2.35. The van der Waals surface area contributed by atoms with Crippen molar-refractivity contribution in [1.82, 2.24) is 15.5 Å². The van der Waals surface area contributed by atoms with Gasteiger partial charge in [0.05, 0.1) is 13.7 Å². The first kappa shape index (κ1) is 22.6. The van der Waals surface area contributed by atoms with Crippen molar-refractivity contribution in [3.8, 4) is 5.75 Å². The third kappa shape index (κ3) is 7.35. The fourth-order valence-corrected chi connectivity index (χ4v) is 3.18. The Kier molecular flexibility index (Phi) is 7.98. The molecule has 7 nitrogen and oxygen atoms in total. The quantitative estimate of drug-likeness (QED) is 0.548. The van der Waals surface area contributed by atoms with E-state index in [2.05, 4.69) is 20.5 Å². The van der Waals surface area contributed by atoms with E-state index in [-0.39, 0.29) is 12.6 Å². The number of alkyl halides is 3. The third-order valence-corrected chi connectivity index (χ3v) is 4.65. The van der Waals surface area contributed by atoms with Gasteiger partial charge >= 0.3 is 6.18 Å². The lowest BCUT2D eigenvalue weighted by atomic mass is 10.0. The molecule has 10 heteroatoms. The first-order valence-electron chi connectivity index (χ1n) is 9.38. The SMILES string of the molecule is CN=C(NCC(=O)N(C)CC(F)(F)F)NC1CCCN(c2cccc(OC)c2)C1. The lowest BCUT2D eigenvalue weighted by molar-refractivity contribution is -0.157. The van der Waals surface area contributed by atoms with Gasteiger partial charge in [0, 0.05) is 45.0 Å². The van der Waals surface area contributed by atoms with Gasteiger partial charge in [-0.3, -0.25) is 9.79 Å². The average molecular weight is 415 g/mol. The largest absolute Gasteiger partial charge is 0.497 e. The van der Waals surface area contributed by atoms with Crippen molar-refractivity contribution in [3.05, 3.63) is 24.3 Å². The van der Waals surface area contributed by atoms with Crippen molar-refractivity contribution >= 4 is 17.6 Å². The number of aliphatic imine (C=N–C) groups is 1. The molecule has 1 fully saturated rings. The Labute approximate surface area is 168 Å². The molecular formula is C19H28F3N5O2. The van der Waals surface area contributed by atoms with Crippen LogP contribution in [0.1, 0.15) is 12.8 Å². The molecule has 0 spiro atoms. The fraction of sp³-hybridized carbons (Fsp3) is 0.579. The van der Waals surface area contributed by atoms with Gasteiger partial charge in [-0.25, -0.2) is 0 Å². The molecule has 0 aliphatic carbocycles. The predicted molar refractivity (Wildman–Crippen MR) is 106 cm³/mol. The number of rotatable bonds is 6. The zero-order chi connectivity index (χ0) is 21.4. The smallest absolute Gasteiger partial charge is 0.406 e. The number of likely N-dealkylation sites (N-methyl/N-ethyl adjacent to an activating group) is 1. The summed E-state index contributed by atoms with van der Waals surface area (Å²) in [5, 5.41) is 6.05. The Bertz CT molecular complexity index is 711. The number of hydrogen-bond donors (Lipinski definition) is 2. The lowest BCUT2D eigenvalue weighted by Crippen LogP contribution is -2.52. The predicted octanol–water partition coefficient (Wildman–Crippen LogP) is 1.85. The van der Waals surface area contributed by atoms with Crippen molar-refractivity contribution in [3.63, 3.8) is 0 Å². The number of hydrogen-bond acceptors (Lipinski definition) is 4. The van der Waals surface area contributed by atoms with Crippen LogP contribution in [0, 0.1) is 0 Å². The van der Waals surface area contributed by atoms with E-state index in [0.717, 1.165) is 44.4 Å². The number of benzene rings is 1. The van der Waals surface area contributed by atoms with Crippen LogP contribution in [-0.2, 0) is 4.79 Å². The molecule has 1 heterocycles. The van der Waals surface area contributed by atoms with Gasteiger partial charge in [-0.15, -0.1) is 0 Å². The van der Waals surface area contributed by atoms with Gasteiger partial charge in [-0.05, 0) is 25.0 Å². The number of methoxy groups -OCH3 is 1. The number of amides is 1. The maximum Gasteiger partial charge on any atom is 0.406 e. The van der Waals surface area contributed by atoms with Gasteiger partial charge in [-0.2, -0.15) is 13.2 Å². The summed E-state index contributed by atoms with van der Waals surface area (Å²) in [5.74, 6) is 0.514. The highest BCUT2D eigenvalue weighted by molar-refractivity contribution is 5.86. The van der Waals surface area contributed by atoms with Crippen LogP contribution in [-0.4, -0.2) is 76.4 Å². The fourth-order valence-electron chi connectivity index (χ4n) is 3.18. The summed E-state index contributed by atoms with van der Waals surface area (Å²) < 4.78 is 42.5. The summed E-state index contributed by atoms with van der Waals surface area (Å²) in [6, 6.07) is 7.91. The number of piperidine rings is 1. The first-order valence-corrected chi connectivity index (χ1v) is 9.38. The zero-order valence-corrected chi connectivity index (χ0v) is 16.9. The van der Waals surface area contributed by atoms with Crippen molar-refractivity contribution < 1.29 is 22.7 Å². The molecule has 0 bridgehead atoms. The number of anilines is 1. The minimum atomic E-state index is -4.42. The summed E-state index contributed by atoms with van der Waals surface area (Å²) in [6.45, 7) is 0.101. The highest BCUT2D eigenvalue weighted by Crippen LogP contribution is 2.24. The maximum atomic E-state index is 12.4. The van der Waals surface area contributed by atoms with E-state index in [1.165, 1.54) is 0 Å². The Hall–Kier alpha value is -2.65. The molecule has 1 aromatic carbocycles. The molecule has 1 atom stereocenters. The second-order valence-corrected chi connectivity index (χ2v) is 6.92. The van der Waals surface area contributed by atoms with Gasteiger partial charge in [0.25, 0.3) is 0 Å². The van der Waals surface area contributed by atoms with Crippen LogP contribution < -0.4 is 20.3 Å². The number of nitrogens with one attached hydrogen (secondary N) is 2. The summed E-state index contributed by atoms with van der Waals surface area (Å²) in [5.41, 5.74) is 1.06. The molecule has 1 aliphatic heterocycles. The molecule has 2 rings (SSSR count). The highest BCUT2D eigenvalue weighted by Gasteiger charge is 2.31. The van der Waals surface area contributed by atoms with E-state index in [1.54, 1.807) is 14.2 Å². The average Bonchev–Trinajstić information content (AvgIpc) is 2.69. The van der Waals surface area contributed by atoms with Crippen LogP contribution >= 0.6 is 0 Å². The van der Waals surface area contributed by atoms with Crippen molar-refractivity contribution in [2.75, 3.05) is 52.3 Å². The number of carbonyl (C=O) groups excluding carboxylic acids is 1. The molecule has 2 N–H and O–H groups in total. The van der Waals surface area contributed by atoms with Crippen LogP contribution in [0.25, 0.3) is 0 Å². The molecule has 29 heavy (non-hydrogen) atoms. The van der Waals surface area contributed by atoms with E-state index in [9.17, 15) is 18.0 Å². The standard InChI is InChI=1S/C19H28F3N5O2/c1-23-18(24-11-17(28)26(2)13-19(20,21)22)25-14-6-5-9-27(12-14)15-7-4-8-16(10-15)29-3/h4,7-8,10,14H,5-6,9,11-13H2,1-3H3,(H2,23,24,25). The van der Waals surface area contributed by atoms with E-state index in [0.29, 0.717) is 10.9 Å². The molecule has 1 unspecified atom stereocenters. The summed E-state index contributed by atoms with van der Waals surface area (Å²) in [7, 11) is 4.31. The normalized spacial score (nSPS) is 17.7. The van der Waals surface area contributed by atoms with Gasteiger partial charge in [-0.1, -0.05) is 6.07 Å². The van der Waals surface area contributed by atoms with Crippen molar-refractivity contribution in [1.29, 1.82) is 0 Å². The van der Waals surface area contributed by atoms with E-state index in [4.69, 9.17) is 4.74 Å². The Morgan fingerprint density at radius 3 is 2.83 bits per heavy atom. The topological polar surface area (TPSA) is 69.2 Å². The summed E-state index contributed by atoms with van der Waals surface area (Å²) >= 11 is 0. The molecule has 0 aromatic heterocycles. The number of carbonyl (C=O) groups is 1. The molecule has 1 amide bonds. The molecule has 1 aromatic rings. The van der Waals surface area contributed by atoms with E-state index in [1.807, 2.05) is 24.3 Å². The molecule has 0 radical (unpaired) electrons. The Morgan fingerprint density at radius 2 is 2.17 bits per heavy atom. The van der Waals surface area contributed by atoms with Crippen molar-refractivity contribution in [2.24, 2.45) is 4.99 Å². The van der Waals surface area contributed by atoms with Crippen LogP contribution in [0.3, 0.4) is 0 Å².